The third kappa shape index (κ3) is 4.70. The summed E-state index contributed by atoms with van der Waals surface area (Å²) in [5, 5.41) is 0.800. The minimum absolute atomic E-state index is 0.0445. The number of ether oxygens (including phenoxy) is 4. The lowest BCUT2D eigenvalue weighted by atomic mass is 10.1. The van der Waals surface area contributed by atoms with Crippen LogP contribution in [0.25, 0.3) is 10.9 Å². The number of H-pyrrole nitrogens is 1. The van der Waals surface area contributed by atoms with Crippen molar-refractivity contribution in [1.82, 2.24) is 4.98 Å². The van der Waals surface area contributed by atoms with Crippen LogP contribution in [0.1, 0.15) is 21.5 Å². The van der Waals surface area contributed by atoms with Gasteiger partial charge in [0.2, 0.25) is 5.75 Å². The summed E-state index contributed by atoms with van der Waals surface area (Å²) < 4.78 is 21.6. The molecule has 4 rings (SSSR count). The van der Waals surface area contributed by atoms with E-state index in [-0.39, 0.29) is 18.0 Å². The standard InChI is InChI=1S/C28H28N2O6/c1-17-8-6-7-9-23(17)30(28(32)19-14-24(34-3)26(36-5)25(15-19)35-4)16-20-12-18-13-21(33-2)10-11-22(18)29-27(20)31/h6-15H,16H2,1-5H3,(H,29,31). The second-order valence-corrected chi connectivity index (χ2v) is 8.17. The summed E-state index contributed by atoms with van der Waals surface area (Å²) in [7, 11) is 6.08. The molecule has 0 saturated heterocycles. The molecule has 0 bridgehead atoms. The average molecular weight is 489 g/mol. The molecular formula is C28H28N2O6. The lowest BCUT2D eigenvalue weighted by Gasteiger charge is -2.25. The van der Waals surface area contributed by atoms with E-state index in [1.165, 1.54) is 21.3 Å². The van der Waals surface area contributed by atoms with Crippen LogP contribution in [-0.2, 0) is 6.54 Å². The number of hydrogen-bond donors (Lipinski definition) is 1. The Kier molecular flexibility index (Phi) is 7.15. The van der Waals surface area contributed by atoms with Crippen molar-refractivity contribution in [3.8, 4) is 23.0 Å². The molecule has 0 saturated carbocycles. The normalized spacial score (nSPS) is 10.7. The van der Waals surface area contributed by atoms with Crippen LogP contribution in [0.4, 0.5) is 5.69 Å². The highest BCUT2D eigenvalue weighted by molar-refractivity contribution is 6.07. The number of para-hydroxylation sites is 1. The first-order valence-electron chi connectivity index (χ1n) is 11.3. The number of nitrogens with one attached hydrogen (secondary N) is 1. The largest absolute Gasteiger partial charge is 0.497 e. The predicted octanol–water partition coefficient (Wildman–Crippen LogP) is 4.72. The van der Waals surface area contributed by atoms with Crippen LogP contribution in [0.2, 0.25) is 0 Å². The van der Waals surface area contributed by atoms with Crippen molar-refractivity contribution in [2.24, 2.45) is 0 Å². The number of anilines is 1. The van der Waals surface area contributed by atoms with Crippen molar-refractivity contribution in [3.05, 3.63) is 87.7 Å². The van der Waals surface area contributed by atoms with Crippen LogP contribution in [0.5, 0.6) is 23.0 Å². The number of carbonyl (C=O) groups is 1. The minimum atomic E-state index is -0.325. The zero-order chi connectivity index (χ0) is 25.8. The maximum atomic E-state index is 14.0. The Balaban J connectivity index is 1.84. The Morgan fingerprint density at radius 3 is 2.17 bits per heavy atom. The van der Waals surface area contributed by atoms with Crippen molar-refractivity contribution >= 4 is 22.5 Å². The number of nitrogens with zero attached hydrogens (tertiary/aromatic N) is 1. The summed E-state index contributed by atoms with van der Waals surface area (Å²) in [4.78, 5) is 31.4. The highest BCUT2D eigenvalue weighted by Crippen LogP contribution is 2.39. The summed E-state index contributed by atoms with van der Waals surface area (Å²) in [5.74, 6) is 1.46. The van der Waals surface area contributed by atoms with Gasteiger partial charge >= 0.3 is 0 Å². The number of aryl methyl sites for hydroxylation is 1. The molecule has 1 amide bonds. The topological polar surface area (TPSA) is 90.1 Å². The van der Waals surface area contributed by atoms with Gasteiger partial charge in [0.15, 0.2) is 11.5 Å². The van der Waals surface area contributed by atoms with Crippen LogP contribution >= 0.6 is 0 Å². The van der Waals surface area contributed by atoms with Gasteiger partial charge in [-0.05, 0) is 55.0 Å². The van der Waals surface area contributed by atoms with Crippen LogP contribution in [0.3, 0.4) is 0 Å². The first-order valence-corrected chi connectivity index (χ1v) is 11.3. The van der Waals surface area contributed by atoms with Gasteiger partial charge in [-0.1, -0.05) is 18.2 Å². The van der Waals surface area contributed by atoms with Gasteiger partial charge in [-0.2, -0.15) is 0 Å². The van der Waals surface area contributed by atoms with Gasteiger partial charge in [0.25, 0.3) is 11.5 Å². The number of amides is 1. The van der Waals surface area contributed by atoms with Gasteiger partial charge < -0.3 is 28.8 Å². The second-order valence-electron chi connectivity index (χ2n) is 8.17. The molecule has 1 aromatic heterocycles. The van der Waals surface area contributed by atoms with E-state index in [9.17, 15) is 9.59 Å². The predicted molar refractivity (Wildman–Crippen MR) is 139 cm³/mol. The first-order chi connectivity index (χ1) is 17.4. The fraction of sp³-hybridized carbons (Fsp3) is 0.214. The highest BCUT2D eigenvalue weighted by Gasteiger charge is 2.24. The Bertz CT molecular complexity index is 1450. The molecule has 0 radical (unpaired) electrons. The van der Waals surface area contributed by atoms with E-state index in [1.807, 2.05) is 37.3 Å². The quantitative estimate of drug-likeness (QED) is 0.386. The third-order valence-corrected chi connectivity index (χ3v) is 6.02. The lowest BCUT2D eigenvalue weighted by Crippen LogP contribution is -2.33. The molecule has 36 heavy (non-hydrogen) atoms. The molecule has 186 valence electrons. The van der Waals surface area contributed by atoms with Gasteiger partial charge in [-0.15, -0.1) is 0 Å². The van der Waals surface area contributed by atoms with Crippen LogP contribution in [0.15, 0.2) is 65.5 Å². The van der Waals surface area contributed by atoms with Crippen LogP contribution in [-0.4, -0.2) is 39.3 Å². The summed E-state index contributed by atoms with van der Waals surface area (Å²) in [6, 6.07) is 17.9. The molecule has 0 fully saturated rings. The molecule has 0 aliphatic rings. The molecule has 0 aliphatic heterocycles. The number of fused-ring (bicyclic) bond motifs is 1. The molecule has 8 heteroatoms. The molecule has 8 nitrogen and oxygen atoms in total. The molecule has 0 unspecified atom stereocenters. The first kappa shape index (κ1) is 24.7. The number of aromatic nitrogens is 1. The van der Waals surface area contributed by atoms with Crippen molar-refractivity contribution < 1.29 is 23.7 Å². The number of pyridine rings is 1. The van der Waals surface area contributed by atoms with Gasteiger partial charge in [-0.25, -0.2) is 0 Å². The van der Waals surface area contributed by atoms with E-state index in [1.54, 1.807) is 42.3 Å². The maximum Gasteiger partial charge on any atom is 0.258 e. The lowest BCUT2D eigenvalue weighted by molar-refractivity contribution is 0.0984. The highest BCUT2D eigenvalue weighted by atomic mass is 16.5. The zero-order valence-electron chi connectivity index (χ0n) is 20.9. The summed E-state index contributed by atoms with van der Waals surface area (Å²) in [6.07, 6.45) is 0. The smallest absolute Gasteiger partial charge is 0.258 e. The Hall–Kier alpha value is -4.46. The Morgan fingerprint density at radius 1 is 0.861 bits per heavy atom. The van der Waals surface area contributed by atoms with E-state index in [2.05, 4.69) is 4.98 Å². The summed E-state index contributed by atoms with van der Waals surface area (Å²) in [6.45, 7) is 1.96. The van der Waals surface area contributed by atoms with Gasteiger partial charge in [0.1, 0.15) is 5.75 Å². The van der Waals surface area contributed by atoms with E-state index in [4.69, 9.17) is 18.9 Å². The van der Waals surface area contributed by atoms with E-state index in [0.717, 1.165) is 10.9 Å². The van der Waals surface area contributed by atoms with Crippen molar-refractivity contribution in [2.45, 2.75) is 13.5 Å². The van der Waals surface area contributed by atoms with Crippen LogP contribution in [0, 0.1) is 6.92 Å². The van der Waals surface area contributed by atoms with Gasteiger partial charge in [0.05, 0.1) is 35.0 Å². The minimum Gasteiger partial charge on any atom is -0.497 e. The van der Waals surface area contributed by atoms with Crippen molar-refractivity contribution in [3.63, 3.8) is 0 Å². The number of benzene rings is 3. The van der Waals surface area contributed by atoms with Crippen molar-refractivity contribution in [1.29, 1.82) is 0 Å². The Labute approximate surface area is 209 Å². The molecule has 3 aromatic carbocycles. The number of rotatable bonds is 8. The van der Waals surface area contributed by atoms with Gasteiger partial charge in [-0.3, -0.25) is 9.59 Å². The zero-order valence-corrected chi connectivity index (χ0v) is 20.9. The number of hydrogen-bond acceptors (Lipinski definition) is 6. The fourth-order valence-corrected chi connectivity index (χ4v) is 4.14. The number of aromatic amines is 1. The molecule has 4 aromatic rings. The fourth-order valence-electron chi connectivity index (χ4n) is 4.14. The Morgan fingerprint density at radius 2 is 1.56 bits per heavy atom. The van der Waals surface area contributed by atoms with E-state index >= 15 is 0 Å². The second kappa shape index (κ2) is 10.4. The van der Waals surface area contributed by atoms with E-state index < -0.39 is 0 Å². The van der Waals surface area contributed by atoms with Crippen LogP contribution < -0.4 is 29.4 Å². The maximum absolute atomic E-state index is 14.0. The molecule has 1 N–H and O–H groups in total. The summed E-state index contributed by atoms with van der Waals surface area (Å²) >= 11 is 0. The summed E-state index contributed by atoms with van der Waals surface area (Å²) in [5.41, 5.74) is 2.73. The third-order valence-electron chi connectivity index (χ3n) is 6.02. The van der Waals surface area contributed by atoms with Crippen molar-refractivity contribution in [2.75, 3.05) is 33.3 Å². The van der Waals surface area contributed by atoms with Gasteiger partial charge in [0, 0.05) is 27.7 Å². The SMILES string of the molecule is COc1ccc2[nH]c(=O)c(CN(C(=O)c3cc(OC)c(OC)c(OC)c3)c3ccccc3C)cc2c1. The number of methoxy groups -OCH3 is 4. The van der Waals surface area contributed by atoms with E-state index in [0.29, 0.717) is 45.3 Å². The molecule has 0 aliphatic carbocycles. The average Bonchev–Trinajstić information content (AvgIpc) is 2.90. The number of carbonyl (C=O) groups excluding carboxylic acids is 1. The molecule has 0 atom stereocenters. The molecular weight excluding hydrogens is 460 g/mol. The molecule has 1 heterocycles. The molecule has 0 spiro atoms. The monoisotopic (exact) mass is 488 g/mol.